The van der Waals surface area contributed by atoms with Gasteiger partial charge in [-0.05, 0) is 0 Å². The highest BCUT2D eigenvalue weighted by molar-refractivity contribution is 5.72. The number of H-pyrrole nitrogens is 1. The van der Waals surface area contributed by atoms with Crippen LogP contribution in [-0.2, 0) is 16.0 Å². The third-order valence-corrected chi connectivity index (χ3v) is 2.16. The Morgan fingerprint density at radius 2 is 2.00 bits per heavy atom. The monoisotopic (exact) mass is 301 g/mol. The van der Waals surface area contributed by atoms with Gasteiger partial charge in [0.15, 0.2) is 0 Å². The Bertz CT molecular complexity index is 552. The number of hydrogen-bond donors (Lipinski definition) is 1. The number of esters is 1. The maximum Gasteiger partial charge on any atom is 0.574 e. The van der Waals surface area contributed by atoms with Gasteiger partial charge in [-0.3, -0.25) is 14.6 Å². The van der Waals surface area contributed by atoms with Crippen LogP contribution in [0.15, 0.2) is 10.9 Å². The standard InChI is InChI=1S/C10H8F5NO4/c1-19-7(17)3-5-4(8(11)12)2-6(16-9(5)18)20-10(13,14)15/h2,8H,3H2,1H3,(H,16,18). The number of pyridine rings is 1. The number of aromatic nitrogens is 1. The van der Waals surface area contributed by atoms with Gasteiger partial charge in [-0.2, -0.15) is 0 Å². The molecule has 0 aliphatic rings. The lowest BCUT2D eigenvalue weighted by Crippen LogP contribution is -2.24. The summed E-state index contributed by atoms with van der Waals surface area (Å²) < 4.78 is 68.9. The summed E-state index contributed by atoms with van der Waals surface area (Å²) in [5.74, 6) is -2.17. The summed E-state index contributed by atoms with van der Waals surface area (Å²) in [5, 5.41) is 0. The second kappa shape index (κ2) is 5.88. The summed E-state index contributed by atoms with van der Waals surface area (Å²) in [6.07, 6.45) is -9.20. The van der Waals surface area contributed by atoms with Crippen molar-refractivity contribution in [2.24, 2.45) is 0 Å². The molecule has 0 radical (unpaired) electrons. The number of alkyl halides is 5. The van der Waals surface area contributed by atoms with Crippen LogP contribution in [0, 0.1) is 0 Å². The molecule has 0 aliphatic heterocycles. The van der Waals surface area contributed by atoms with Crippen molar-refractivity contribution in [2.75, 3.05) is 7.11 Å². The summed E-state index contributed by atoms with van der Waals surface area (Å²) in [5.41, 5.74) is -2.99. The Balaban J connectivity index is 3.26. The number of methoxy groups -OCH3 is 1. The molecule has 112 valence electrons. The lowest BCUT2D eigenvalue weighted by Gasteiger charge is -2.12. The fourth-order valence-electron chi connectivity index (χ4n) is 1.36. The summed E-state index contributed by atoms with van der Waals surface area (Å²) >= 11 is 0. The van der Waals surface area contributed by atoms with Gasteiger partial charge >= 0.3 is 12.3 Å². The van der Waals surface area contributed by atoms with Crippen LogP contribution in [0.2, 0.25) is 0 Å². The van der Waals surface area contributed by atoms with Crippen LogP contribution in [-0.4, -0.2) is 24.4 Å². The minimum Gasteiger partial charge on any atom is -0.469 e. The van der Waals surface area contributed by atoms with Gasteiger partial charge in [0.05, 0.1) is 13.5 Å². The van der Waals surface area contributed by atoms with Crippen molar-refractivity contribution in [3.8, 4) is 5.88 Å². The Morgan fingerprint density at radius 3 is 2.45 bits per heavy atom. The minimum atomic E-state index is -5.15. The molecule has 1 heterocycles. The largest absolute Gasteiger partial charge is 0.574 e. The Morgan fingerprint density at radius 1 is 1.40 bits per heavy atom. The van der Waals surface area contributed by atoms with Crippen molar-refractivity contribution < 1.29 is 36.2 Å². The van der Waals surface area contributed by atoms with Crippen LogP contribution in [0.1, 0.15) is 17.6 Å². The van der Waals surface area contributed by atoms with Gasteiger partial charge < -0.3 is 9.47 Å². The zero-order valence-corrected chi connectivity index (χ0v) is 9.88. The third kappa shape index (κ3) is 4.21. The number of carbonyl (C=O) groups excluding carboxylic acids is 1. The molecule has 0 saturated heterocycles. The molecule has 0 unspecified atom stereocenters. The Labute approximate surface area is 108 Å². The van der Waals surface area contributed by atoms with E-state index in [1.54, 1.807) is 4.98 Å². The molecule has 1 rings (SSSR count). The second-order valence-electron chi connectivity index (χ2n) is 3.50. The third-order valence-electron chi connectivity index (χ3n) is 2.16. The molecule has 0 bridgehead atoms. The molecule has 0 amide bonds. The molecular weight excluding hydrogens is 293 g/mol. The molecule has 0 saturated carbocycles. The highest BCUT2D eigenvalue weighted by Crippen LogP contribution is 2.27. The maximum atomic E-state index is 12.7. The molecule has 0 aromatic carbocycles. The number of nitrogens with one attached hydrogen (secondary N) is 1. The number of rotatable bonds is 4. The van der Waals surface area contributed by atoms with Gasteiger partial charge in [0.1, 0.15) is 0 Å². The normalized spacial score (nSPS) is 11.6. The fraction of sp³-hybridized carbons (Fsp3) is 0.400. The average molecular weight is 301 g/mol. The highest BCUT2D eigenvalue weighted by Gasteiger charge is 2.32. The minimum absolute atomic E-state index is 0.317. The van der Waals surface area contributed by atoms with Crippen molar-refractivity contribution in [3.63, 3.8) is 0 Å². The first kappa shape index (κ1) is 15.9. The van der Waals surface area contributed by atoms with Gasteiger partial charge in [-0.1, -0.05) is 0 Å². The van der Waals surface area contributed by atoms with Crippen LogP contribution in [0.5, 0.6) is 5.88 Å². The SMILES string of the molecule is COC(=O)Cc1c(C(F)F)cc(OC(F)(F)F)[nH]c1=O. The van der Waals surface area contributed by atoms with E-state index in [1.807, 2.05) is 0 Å². The highest BCUT2D eigenvalue weighted by atomic mass is 19.4. The van der Waals surface area contributed by atoms with Gasteiger partial charge in [-0.15, -0.1) is 13.2 Å². The summed E-state index contributed by atoms with van der Waals surface area (Å²) in [7, 11) is 0.972. The van der Waals surface area contributed by atoms with E-state index in [1.165, 1.54) is 0 Å². The van der Waals surface area contributed by atoms with E-state index in [2.05, 4.69) is 9.47 Å². The molecule has 1 aromatic rings. The summed E-state index contributed by atoms with van der Waals surface area (Å²) in [6, 6.07) is 0.317. The van der Waals surface area contributed by atoms with Crippen LogP contribution in [0.3, 0.4) is 0 Å². The predicted octanol–water partition coefficient (Wildman–Crippen LogP) is 1.93. The first-order valence-corrected chi connectivity index (χ1v) is 5.01. The van der Waals surface area contributed by atoms with E-state index in [0.717, 1.165) is 7.11 Å². The van der Waals surface area contributed by atoms with E-state index in [9.17, 15) is 31.5 Å². The first-order valence-electron chi connectivity index (χ1n) is 5.01. The molecule has 0 aliphatic carbocycles. The Kier molecular flexibility index (Phi) is 4.69. The Hall–Kier alpha value is -2.13. The number of carbonyl (C=O) groups is 1. The zero-order chi connectivity index (χ0) is 15.5. The van der Waals surface area contributed by atoms with E-state index < -0.39 is 47.7 Å². The molecule has 1 N–H and O–H groups in total. The topological polar surface area (TPSA) is 68.4 Å². The molecule has 0 atom stereocenters. The second-order valence-corrected chi connectivity index (χ2v) is 3.50. The summed E-state index contributed by atoms with van der Waals surface area (Å²) in [4.78, 5) is 24.1. The molecule has 20 heavy (non-hydrogen) atoms. The molecule has 0 spiro atoms. The lowest BCUT2D eigenvalue weighted by molar-refractivity contribution is -0.276. The predicted molar refractivity (Wildman–Crippen MR) is 54.4 cm³/mol. The zero-order valence-electron chi connectivity index (χ0n) is 9.88. The van der Waals surface area contributed by atoms with E-state index in [4.69, 9.17) is 0 Å². The summed E-state index contributed by atoms with van der Waals surface area (Å²) in [6.45, 7) is 0. The number of ether oxygens (including phenoxy) is 2. The average Bonchev–Trinajstić information content (AvgIpc) is 2.29. The van der Waals surface area contributed by atoms with E-state index in [0.29, 0.717) is 6.07 Å². The van der Waals surface area contributed by atoms with Crippen molar-refractivity contribution in [2.45, 2.75) is 19.2 Å². The van der Waals surface area contributed by atoms with Crippen molar-refractivity contribution >= 4 is 5.97 Å². The molecule has 0 fully saturated rings. The smallest absolute Gasteiger partial charge is 0.469 e. The number of halogens is 5. The van der Waals surface area contributed by atoms with E-state index >= 15 is 0 Å². The quantitative estimate of drug-likeness (QED) is 0.681. The number of hydrogen-bond acceptors (Lipinski definition) is 4. The number of aromatic amines is 1. The molecular formula is C10H8F5NO4. The van der Waals surface area contributed by atoms with Gasteiger partial charge in [0.2, 0.25) is 5.88 Å². The molecule has 1 aromatic heterocycles. The van der Waals surface area contributed by atoms with Gasteiger partial charge in [0, 0.05) is 17.2 Å². The van der Waals surface area contributed by atoms with Gasteiger partial charge in [-0.25, -0.2) is 8.78 Å². The first-order chi connectivity index (χ1) is 9.14. The molecule has 10 heteroatoms. The van der Waals surface area contributed by atoms with Crippen LogP contribution < -0.4 is 10.3 Å². The molecule has 5 nitrogen and oxygen atoms in total. The van der Waals surface area contributed by atoms with Gasteiger partial charge in [0.25, 0.3) is 12.0 Å². The van der Waals surface area contributed by atoms with Crippen molar-refractivity contribution in [1.82, 2.24) is 4.98 Å². The van der Waals surface area contributed by atoms with E-state index in [-0.39, 0.29) is 0 Å². The van der Waals surface area contributed by atoms with Crippen molar-refractivity contribution in [1.29, 1.82) is 0 Å². The van der Waals surface area contributed by atoms with Crippen molar-refractivity contribution in [3.05, 3.63) is 27.5 Å². The fourth-order valence-corrected chi connectivity index (χ4v) is 1.36. The van der Waals surface area contributed by atoms with Crippen LogP contribution in [0.4, 0.5) is 22.0 Å². The van der Waals surface area contributed by atoms with Crippen LogP contribution >= 0.6 is 0 Å². The van der Waals surface area contributed by atoms with Crippen LogP contribution in [0.25, 0.3) is 0 Å². The maximum absolute atomic E-state index is 12.7. The lowest BCUT2D eigenvalue weighted by atomic mass is 10.1.